The van der Waals surface area contributed by atoms with Gasteiger partial charge in [-0.3, -0.25) is 0 Å². The molecule has 2 N–H and O–H groups in total. The van der Waals surface area contributed by atoms with Crippen molar-refractivity contribution in [1.29, 1.82) is 0 Å². The number of aryl methyl sites for hydroxylation is 1. The van der Waals surface area contributed by atoms with E-state index in [-0.39, 0.29) is 5.56 Å². The second-order valence-corrected chi connectivity index (χ2v) is 4.12. The van der Waals surface area contributed by atoms with Gasteiger partial charge in [0.2, 0.25) is 0 Å². The van der Waals surface area contributed by atoms with Crippen molar-refractivity contribution in [3.63, 3.8) is 0 Å². The van der Waals surface area contributed by atoms with Crippen LogP contribution in [0.1, 0.15) is 16.7 Å². The molecule has 1 atom stereocenters. The highest BCUT2D eigenvalue weighted by atomic mass is 31.0. The molecule has 0 aliphatic heterocycles. The lowest BCUT2D eigenvalue weighted by atomic mass is 10.0. The van der Waals surface area contributed by atoms with Crippen molar-refractivity contribution >= 4 is 14.9 Å². The maximum atomic E-state index is 13.0. The van der Waals surface area contributed by atoms with Gasteiger partial charge in [0.05, 0.1) is 11.3 Å². The molecule has 90 valence electrons. The summed E-state index contributed by atoms with van der Waals surface area (Å²) in [7, 11) is 1.17. The second kappa shape index (κ2) is 3.84. The minimum absolute atomic E-state index is 0.0821. The summed E-state index contributed by atoms with van der Waals surface area (Å²) in [6.07, 6.45) is -4.74. The first-order valence-corrected chi connectivity index (χ1v) is 4.75. The largest absolute Gasteiger partial charge is 0.418 e. The summed E-state index contributed by atoms with van der Waals surface area (Å²) >= 11 is 0. The third kappa shape index (κ3) is 2.61. The van der Waals surface area contributed by atoms with Gasteiger partial charge in [-0.1, -0.05) is 9.24 Å². The van der Waals surface area contributed by atoms with Crippen LogP contribution in [0.3, 0.4) is 0 Å². The van der Waals surface area contributed by atoms with E-state index < -0.39 is 28.7 Å². The fraction of sp³-hybridized carbons (Fsp3) is 0.333. The summed E-state index contributed by atoms with van der Waals surface area (Å²) in [6, 6.07) is 1.69. The molecule has 0 aromatic heterocycles. The van der Waals surface area contributed by atoms with Crippen molar-refractivity contribution in [3.8, 4) is 0 Å². The first-order valence-electron chi connectivity index (χ1n) is 4.18. The summed E-state index contributed by atoms with van der Waals surface area (Å²) in [6.45, 7) is 1.30. The maximum absolute atomic E-state index is 13.0. The maximum Gasteiger partial charge on any atom is 0.418 e. The van der Waals surface area contributed by atoms with Gasteiger partial charge in [0.1, 0.15) is 0 Å². The van der Waals surface area contributed by atoms with Crippen molar-refractivity contribution < 1.29 is 22.0 Å². The molecule has 0 bridgehead atoms. The molecule has 16 heavy (non-hydrogen) atoms. The van der Waals surface area contributed by atoms with Crippen molar-refractivity contribution in [2.45, 2.75) is 18.8 Å². The van der Waals surface area contributed by atoms with Crippen LogP contribution in [0.15, 0.2) is 12.1 Å². The molecule has 0 spiro atoms. The summed E-state index contributed by atoms with van der Waals surface area (Å²) in [4.78, 5) is 0. The number of benzene rings is 1. The van der Waals surface area contributed by atoms with Gasteiger partial charge in [-0.25, -0.2) is 0 Å². The van der Waals surface area contributed by atoms with Gasteiger partial charge in [0.15, 0.2) is 0 Å². The van der Waals surface area contributed by atoms with Crippen LogP contribution < -0.4 is 5.73 Å². The molecule has 0 aliphatic rings. The molecule has 0 amide bonds. The third-order valence-electron chi connectivity index (χ3n) is 1.99. The Kier molecular flexibility index (Phi) is 3.16. The Balaban J connectivity index is 3.51. The highest BCUT2D eigenvalue weighted by Crippen LogP contribution is 2.43. The smallest absolute Gasteiger partial charge is 0.398 e. The molecule has 1 unspecified atom stereocenters. The molecular formula is C9H9F5NP. The van der Waals surface area contributed by atoms with E-state index in [4.69, 9.17) is 5.73 Å². The van der Waals surface area contributed by atoms with Crippen molar-refractivity contribution in [3.05, 3.63) is 28.8 Å². The van der Waals surface area contributed by atoms with Crippen LogP contribution in [0, 0.1) is 6.92 Å². The van der Waals surface area contributed by atoms with Crippen molar-refractivity contribution in [2.75, 3.05) is 5.73 Å². The Morgan fingerprint density at radius 3 is 1.88 bits per heavy atom. The fourth-order valence-corrected chi connectivity index (χ4v) is 1.55. The molecule has 7 heteroatoms. The van der Waals surface area contributed by atoms with Crippen molar-refractivity contribution in [2.24, 2.45) is 0 Å². The Morgan fingerprint density at radius 1 is 1.06 bits per heavy atom. The summed E-state index contributed by atoms with van der Waals surface area (Å²) in [5, 5.41) is 0. The Bertz CT molecular complexity index is 372. The lowest BCUT2D eigenvalue weighted by Gasteiger charge is -2.18. The molecular weight excluding hydrogens is 248 g/mol. The fourth-order valence-electron chi connectivity index (χ4n) is 1.31. The average Bonchev–Trinajstić information content (AvgIpc) is 2.04. The topological polar surface area (TPSA) is 26.0 Å². The lowest BCUT2D eigenvalue weighted by molar-refractivity contribution is -0.137. The predicted octanol–water partition coefficient (Wildman–Crippen LogP) is 3.52. The Morgan fingerprint density at radius 2 is 1.50 bits per heavy atom. The summed E-state index contributed by atoms with van der Waals surface area (Å²) in [5.41, 5.74) is -1.28. The number of nitrogens with two attached hydrogens (primary N) is 1. The van der Waals surface area contributed by atoms with Crippen LogP contribution in [0.5, 0.6) is 0 Å². The normalized spacial score (nSPS) is 12.9. The van der Waals surface area contributed by atoms with Gasteiger partial charge in [0, 0.05) is 5.56 Å². The predicted molar refractivity (Wildman–Crippen MR) is 54.2 cm³/mol. The third-order valence-corrected chi connectivity index (χ3v) is 2.30. The van der Waals surface area contributed by atoms with Crippen LogP contribution in [-0.4, -0.2) is 0 Å². The zero-order valence-corrected chi connectivity index (χ0v) is 9.35. The number of alkyl halides is 5. The van der Waals surface area contributed by atoms with Crippen LogP contribution in [-0.2, 0) is 11.8 Å². The Labute approximate surface area is 91.0 Å². The number of rotatable bonds is 1. The standard InChI is InChI=1S/C9H9F5NP/c1-4-2-5(8(10,11)12)7(15)6(3-4)9(13,14)16/h2-3H,15-16H2,1H3. The molecule has 0 fully saturated rings. The van der Waals surface area contributed by atoms with Crippen LogP contribution >= 0.6 is 9.24 Å². The van der Waals surface area contributed by atoms with Gasteiger partial charge in [0.25, 0.3) is 5.66 Å². The van der Waals surface area contributed by atoms with E-state index >= 15 is 0 Å². The van der Waals surface area contributed by atoms with Gasteiger partial charge < -0.3 is 5.73 Å². The van der Waals surface area contributed by atoms with E-state index in [1.54, 1.807) is 0 Å². The summed E-state index contributed by atoms with van der Waals surface area (Å²) < 4.78 is 63.4. The Hall–Kier alpha value is -0.900. The molecule has 1 aromatic rings. The minimum Gasteiger partial charge on any atom is -0.398 e. The number of hydrogen-bond acceptors (Lipinski definition) is 1. The van der Waals surface area contributed by atoms with Crippen LogP contribution in [0.4, 0.5) is 27.6 Å². The van der Waals surface area contributed by atoms with Gasteiger partial charge in [-0.15, -0.1) is 0 Å². The number of hydrogen-bond donors (Lipinski definition) is 1. The van der Waals surface area contributed by atoms with E-state index in [1.165, 1.54) is 16.2 Å². The molecule has 0 heterocycles. The van der Waals surface area contributed by atoms with E-state index in [1.807, 2.05) is 0 Å². The molecule has 1 aromatic carbocycles. The van der Waals surface area contributed by atoms with Gasteiger partial charge >= 0.3 is 6.18 Å². The molecule has 0 saturated heterocycles. The SMILES string of the molecule is Cc1cc(C(F)(F)F)c(N)c(C(F)(F)P)c1. The van der Waals surface area contributed by atoms with E-state index in [0.29, 0.717) is 0 Å². The number of nitrogen functional groups attached to an aromatic ring is 1. The first-order chi connectivity index (χ1) is 7.03. The number of anilines is 1. The van der Waals surface area contributed by atoms with Gasteiger partial charge in [-0.05, 0) is 24.6 Å². The van der Waals surface area contributed by atoms with Crippen LogP contribution in [0.25, 0.3) is 0 Å². The molecule has 1 rings (SSSR count). The highest BCUT2D eigenvalue weighted by Gasteiger charge is 2.37. The highest BCUT2D eigenvalue weighted by molar-refractivity contribution is 7.17. The monoisotopic (exact) mass is 257 g/mol. The zero-order chi connectivity index (χ0) is 12.7. The first kappa shape index (κ1) is 13.2. The van der Waals surface area contributed by atoms with E-state index in [9.17, 15) is 22.0 Å². The minimum atomic E-state index is -4.74. The molecule has 0 saturated carbocycles. The quantitative estimate of drug-likeness (QED) is 0.465. The molecule has 1 nitrogen and oxygen atoms in total. The van der Waals surface area contributed by atoms with Crippen molar-refractivity contribution in [1.82, 2.24) is 0 Å². The lowest BCUT2D eigenvalue weighted by Crippen LogP contribution is -2.15. The second-order valence-electron chi connectivity index (χ2n) is 3.39. The van der Waals surface area contributed by atoms with Crippen LogP contribution in [0.2, 0.25) is 0 Å². The zero-order valence-electron chi connectivity index (χ0n) is 8.20. The van der Waals surface area contributed by atoms with Gasteiger partial charge in [-0.2, -0.15) is 22.0 Å². The van der Waals surface area contributed by atoms with E-state index in [2.05, 4.69) is 0 Å². The molecule has 0 aliphatic carbocycles. The summed E-state index contributed by atoms with van der Waals surface area (Å²) in [5.74, 6) is 0. The average molecular weight is 257 g/mol. The molecule has 0 radical (unpaired) electrons. The number of halogens is 5. The van der Waals surface area contributed by atoms with E-state index in [0.717, 1.165) is 12.1 Å².